The molecule has 1 rings (SSSR count). The van der Waals surface area contributed by atoms with Crippen LogP contribution >= 0.6 is 0 Å². The van der Waals surface area contributed by atoms with E-state index in [1.165, 1.54) is 0 Å². The van der Waals surface area contributed by atoms with E-state index in [9.17, 15) is 4.79 Å². The number of nitrogens with zero attached hydrogens (tertiary/aromatic N) is 1. The van der Waals surface area contributed by atoms with Crippen LogP contribution in [0.5, 0.6) is 0 Å². The predicted molar refractivity (Wildman–Crippen MR) is 63.1 cm³/mol. The maximum absolute atomic E-state index is 11.7. The molecule has 2 atom stereocenters. The van der Waals surface area contributed by atoms with Crippen molar-refractivity contribution in [2.75, 3.05) is 33.9 Å². The third kappa shape index (κ3) is 4.47. The second-order valence-corrected chi connectivity index (χ2v) is 4.50. The summed E-state index contributed by atoms with van der Waals surface area (Å²) in [6, 6.07) is -0.202. The number of nitrogens with one attached hydrogen (secondary N) is 1. The minimum absolute atomic E-state index is 0.0580. The lowest BCUT2D eigenvalue weighted by atomic mass is 10.1. The minimum Gasteiger partial charge on any atom is -0.385 e. The Kier molecular flexibility index (Phi) is 5.73. The summed E-state index contributed by atoms with van der Waals surface area (Å²) < 4.78 is 4.90. The van der Waals surface area contributed by atoms with Crippen LogP contribution in [0.3, 0.4) is 0 Å². The topological polar surface area (TPSA) is 67.6 Å². The Balaban J connectivity index is 2.26. The van der Waals surface area contributed by atoms with Crippen molar-refractivity contribution in [1.82, 2.24) is 10.2 Å². The quantitative estimate of drug-likeness (QED) is 0.671. The SMILES string of the molecule is COCCC(N)C(=O)NC1CCCN(C)C1. The van der Waals surface area contributed by atoms with Gasteiger partial charge in [-0.15, -0.1) is 0 Å². The molecule has 0 radical (unpaired) electrons. The molecule has 0 aromatic carbocycles. The van der Waals surface area contributed by atoms with Gasteiger partial charge in [-0.2, -0.15) is 0 Å². The fourth-order valence-corrected chi connectivity index (χ4v) is 1.97. The number of hydrogen-bond acceptors (Lipinski definition) is 4. The molecule has 0 spiro atoms. The van der Waals surface area contributed by atoms with Crippen LogP contribution < -0.4 is 11.1 Å². The fraction of sp³-hybridized carbons (Fsp3) is 0.909. The van der Waals surface area contributed by atoms with Crippen LogP contribution in [0.4, 0.5) is 0 Å². The van der Waals surface area contributed by atoms with Crippen molar-refractivity contribution in [3.05, 3.63) is 0 Å². The van der Waals surface area contributed by atoms with Crippen LogP contribution in [0, 0.1) is 0 Å². The molecule has 0 bridgehead atoms. The lowest BCUT2D eigenvalue weighted by Gasteiger charge is -2.30. The summed E-state index contributed by atoms with van der Waals surface area (Å²) in [4.78, 5) is 13.9. The standard InChI is InChI=1S/C11H23N3O2/c1-14-6-3-4-9(8-14)13-11(15)10(12)5-7-16-2/h9-10H,3-8,12H2,1-2H3,(H,13,15). The number of piperidine rings is 1. The molecule has 1 heterocycles. The number of likely N-dealkylation sites (N-methyl/N-ethyl adjacent to an activating group) is 1. The van der Waals surface area contributed by atoms with Gasteiger partial charge in [-0.05, 0) is 32.9 Å². The molecule has 0 aromatic rings. The van der Waals surface area contributed by atoms with Gasteiger partial charge in [-0.25, -0.2) is 0 Å². The highest BCUT2D eigenvalue weighted by Gasteiger charge is 2.21. The van der Waals surface area contributed by atoms with E-state index in [1.807, 2.05) is 0 Å². The summed E-state index contributed by atoms with van der Waals surface area (Å²) >= 11 is 0. The summed E-state index contributed by atoms with van der Waals surface area (Å²) in [7, 11) is 3.68. The second-order valence-electron chi connectivity index (χ2n) is 4.50. The zero-order valence-corrected chi connectivity index (χ0v) is 10.2. The molecule has 16 heavy (non-hydrogen) atoms. The van der Waals surface area contributed by atoms with Crippen LogP contribution in [-0.2, 0) is 9.53 Å². The van der Waals surface area contributed by atoms with E-state index in [0.29, 0.717) is 13.0 Å². The van der Waals surface area contributed by atoms with Crippen LogP contribution in [0.2, 0.25) is 0 Å². The Hall–Kier alpha value is -0.650. The zero-order valence-electron chi connectivity index (χ0n) is 10.2. The van der Waals surface area contributed by atoms with Gasteiger partial charge in [0.2, 0.25) is 5.91 Å². The fourth-order valence-electron chi connectivity index (χ4n) is 1.97. The Morgan fingerprint density at radius 3 is 3.06 bits per heavy atom. The molecule has 0 aromatic heterocycles. The molecular weight excluding hydrogens is 206 g/mol. The Morgan fingerprint density at radius 1 is 1.69 bits per heavy atom. The number of amides is 1. The van der Waals surface area contributed by atoms with E-state index in [1.54, 1.807) is 7.11 Å². The maximum Gasteiger partial charge on any atom is 0.237 e. The van der Waals surface area contributed by atoms with Gasteiger partial charge >= 0.3 is 0 Å². The second kappa shape index (κ2) is 6.83. The summed E-state index contributed by atoms with van der Waals surface area (Å²) in [5.74, 6) is -0.0580. The molecule has 1 amide bonds. The number of ether oxygens (including phenoxy) is 1. The predicted octanol–water partition coefficient (Wildman–Crippen LogP) is -0.439. The first-order valence-corrected chi connectivity index (χ1v) is 5.87. The smallest absolute Gasteiger partial charge is 0.237 e. The highest BCUT2D eigenvalue weighted by molar-refractivity contribution is 5.81. The summed E-state index contributed by atoms with van der Waals surface area (Å²) in [6.07, 6.45) is 2.76. The normalized spacial score (nSPS) is 24.1. The maximum atomic E-state index is 11.7. The molecule has 1 aliphatic rings. The molecule has 0 saturated carbocycles. The van der Waals surface area contributed by atoms with Gasteiger partial charge in [0.25, 0.3) is 0 Å². The highest BCUT2D eigenvalue weighted by atomic mass is 16.5. The average molecular weight is 229 g/mol. The van der Waals surface area contributed by atoms with Crippen molar-refractivity contribution in [2.24, 2.45) is 5.73 Å². The molecule has 94 valence electrons. The Labute approximate surface area is 97.3 Å². The third-order valence-electron chi connectivity index (χ3n) is 2.94. The van der Waals surface area contributed by atoms with Gasteiger partial charge < -0.3 is 20.7 Å². The van der Waals surface area contributed by atoms with Gasteiger partial charge in [-0.1, -0.05) is 0 Å². The molecule has 3 N–H and O–H groups in total. The Morgan fingerprint density at radius 2 is 2.44 bits per heavy atom. The number of carbonyl (C=O) groups is 1. The van der Waals surface area contributed by atoms with E-state index in [0.717, 1.165) is 25.9 Å². The van der Waals surface area contributed by atoms with Crippen molar-refractivity contribution in [2.45, 2.75) is 31.3 Å². The Bertz CT molecular complexity index is 223. The first-order valence-electron chi connectivity index (χ1n) is 5.87. The van der Waals surface area contributed by atoms with Gasteiger partial charge in [0, 0.05) is 26.3 Å². The summed E-state index contributed by atoms with van der Waals surface area (Å²) in [5.41, 5.74) is 5.75. The first kappa shape index (κ1) is 13.4. The van der Waals surface area contributed by atoms with Crippen LogP contribution in [0.25, 0.3) is 0 Å². The minimum atomic E-state index is -0.452. The van der Waals surface area contributed by atoms with Gasteiger partial charge in [0.05, 0.1) is 6.04 Å². The largest absolute Gasteiger partial charge is 0.385 e. The van der Waals surface area contributed by atoms with Crippen LogP contribution in [0.1, 0.15) is 19.3 Å². The molecular formula is C11H23N3O2. The molecule has 1 fully saturated rings. The van der Waals surface area contributed by atoms with E-state index in [-0.39, 0.29) is 11.9 Å². The number of nitrogens with two attached hydrogens (primary N) is 1. The van der Waals surface area contributed by atoms with Crippen molar-refractivity contribution < 1.29 is 9.53 Å². The van der Waals surface area contributed by atoms with Gasteiger partial charge in [0.1, 0.15) is 0 Å². The number of hydrogen-bond donors (Lipinski definition) is 2. The number of likely N-dealkylation sites (tertiary alicyclic amines) is 1. The van der Waals surface area contributed by atoms with E-state index in [4.69, 9.17) is 10.5 Å². The lowest BCUT2D eigenvalue weighted by Crippen LogP contribution is -2.51. The lowest BCUT2D eigenvalue weighted by molar-refractivity contribution is -0.123. The molecule has 5 heteroatoms. The van der Waals surface area contributed by atoms with E-state index >= 15 is 0 Å². The summed E-state index contributed by atoms with van der Waals surface area (Å²) in [5, 5.41) is 3.00. The van der Waals surface area contributed by atoms with Gasteiger partial charge in [-0.3, -0.25) is 4.79 Å². The third-order valence-corrected chi connectivity index (χ3v) is 2.94. The number of methoxy groups -OCH3 is 1. The first-order chi connectivity index (χ1) is 7.63. The van der Waals surface area contributed by atoms with E-state index < -0.39 is 6.04 Å². The molecule has 5 nitrogen and oxygen atoms in total. The van der Waals surface area contributed by atoms with Crippen LogP contribution in [-0.4, -0.2) is 56.7 Å². The highest BCUT2D eigenvalue weighted by Crippen LogP contribution is 2.08. The molecule has 1 aliphatic heterocycles. The van der Waals surface area contributed by atoms with Crippen molar-refractivity contribution >= 4 is 5.91 Å². The molecule has 1 saturated heterocycles. The van der Waals surface area contributed by atoms with Gasteiger partial charge in [0.15, 0.2) is 0 Å². The zero-order chi connectivity index (χ0) is 12.0. The average Bonchev–Trinajstić information content (AvgIpc) is 2.25. The number of carbonyl (C=O) groups excluding carboxylic acids is 1. The van der Waals surface area contributed by atoms with Crippen LogP contribution in [0.15, 0.2) is 0 Å². The monoisotopic (exact) mass is 229 g/mol. The van der Waals surface area contributed by atoms with Crippen molar-refractivity contribution in [3.63, 3.8) is 0 Å². The van der Waals surface area contributed by atoms with Crippen molar-refractivity contribution in [3.8, 4) is 0 Å². The van der Waals surface area contributed by atoms with Crippen molar-refractivity contribution in [1.29, 1.82) is 0 Å². The molecule has 2 unspecified atom stereocenters. The molecule has 0 aliphatic carbocycles. The van der Waals surface area contributed by atoms with E-state index in [2.05, 4.69) is 17.3 Å². The number of rotatable bonds is 5. The summed E-state index contributed by atoms with van der Waals surface area (Å²) in [6.45, 7) is 2.56.